The molecule has 0 saturated carbocycles. The van der Waals surface area contributed by atoms with Crippen LogP contribution >= 0.6 is 0 Å². The molecule has 0 aliphatic heterocycles. The molecule has 0 fully saturated rings. The first kappa shape index (κ1) is 12.6. The van der Waals surface area contributed by atoms with Gasteiger partial charge >= 0.3 is 5.97 Å². The molecule has 1 aromatic heterocycles. The second-order valence-corrected chi connectivity index (χ2v) is 3.43. The molecule has 8 heteroatoms. The van der Waals surface area contributed by atoms with Crippen molar-refractivity contribution in [3.63, 3.8) is 0 Å². The van der Waals surface area contributed by atoms with Crippen LogP contribution in [0.1, 0.15) is 16.1 Å². The molecule has 0 bridgehead atoms. The number of amidine groups is 1. The number of nitrogens with zero attached hydrogens (tertiary/aromatic N) is 3. The molecular formula is C11H11N5O3. The quantitative estimate of drug-likeness (QED) is 0.456. The van der Waals surface area contributed by atoms with Gasteiger partial charge < -0.3 is 10.6 Å². The number of hydrogen-bond acceptors (Lipinski definition) is 7. The summed E-state index contributed by atoms with van der Waals surface area (Å²) < 4.78 is 4.43. The second kappa shape index (κ2) is 5.63. The van der Waals surface area contributed by atoms with E-state index in [1.807, 2.05) is 0 Å². The van der Waals surface area contributed by atoms with Gasteiger partial charge in [-0.15, -0.1) is 0 Å². The van der Waals surface area contributed by atoms with Gasteiger partial charge in [0.25, 0.3) is 0 Å². The summed E-state index contributed by atoms with van der Waals surface area (Å²) in [6.45, 7) is 0. The highest BCUT2D eigenvalue weighted by molar-refractivity contribution is 6.00. The van der Waals surface area contributed by atoms with Crippen molar-refractivity contribution in [1.82, 2.24) is 15.8 Å². The van der Waals surface area contributed by atoms with E-state index in [0.29, 0.717) is 5.56 Å². The molecule has 0 unspecified atom stereocenters. The molecule has 19 heavy (non-hydrogen) atoms. The minimum absolute atomic E-state index is 0.0452. The van der Waals surface area contributed by atoms with Gasteiger partial charge in [-0.2, -0.15) is 5.48 Å². The van der Waals surface area contributed by atoms with Crippen molar-refractivity contribution in [3.8, 4) is 0 Å². The summed E-state index contributed by atoms with van der Waals surface area (Å²) in [4.78, 5) is 20.4. The van der Waals surface area contributed by atoms with Crippen LogP contribution in [0.3, 0.4) is 0 Å². The lowest BCUT2D eigenvalue weighted by Gasteiger charge is -2.06. The summed E-state index contributed by atoms with van der Waals surface area (Å²) in [6, 6.07) is 8.50. The van der Waals surface area contributed by atoms with Crippen LogP contribution in [0.5, 0.6) is 0 Å². The van der Waals surface area contributed by atoms with Gasteiger partial charge in [-0.25, -0.2) is 9.42 Å². The summed E-state index contributed by atoms with van der Waals surface area (Å²) in [5, 5.41) is 6.94. The molecule has 98 valence electrons. The first-order valence-corrected chi connectivity index (χ1v) is 5.29. The molecule has 1 heterocycles. The highest BCUT2D eigenvalue weighted by atomic mass is 16.7. The molecule has 0 aliphatic rings. The Morgan fingerprint density at radius 3 is 2.68 bits per heavy atom. The minimum Gasteiger partial charge on any atom is -0.379 e. The van der Waals surface area contributed by atoms with E-state index in [-0.39, 0.29) is 17.3 Å². The topological polar surface area (TPSA) is 116 Å². The Kier molecular flexibility index (Phi) is 3.72. The third kappa shape index (κ3) is 2.86. The Bertz CT molecular complexity index is 593. The van der Waals surface area contributed by atoms with Gasteiger partial charge in [0.1, 0.15) is 0 Å². The van der Waals surface area contributed by atoms with Gasteiger partial charge in [-0.1, -0.05) is 18.2 Å². The number of carbonyl (C=O) groups is 1. The predicted molar refractivity (Wildman–Crippen MR) is 66.2 cm³/mol. The van der Waals surface area contributed by atoms with Crippen molar-refractivity contribution in [2.45, 2.75) is 0 Å². The summed E-state index contributed by atoms with van der Waals surface area (Å²) in [7, 11) is 1.48. The van der Waals surface area contributed by atoms with Crippen LogP contribution in [0.25, 0.3) is 0 Å². The smallest absolute Gasteiger partial charge is 0.362 e. The van der Waals surface area contributed by atoms with E-state index in [9.17, 15) is 4.79 Å². The van der Waals surface area contributed by atoms with Crippen LogP contribution < -0.4 is 11.2 Å². The van der Waals surface area contributed by atoms with Crippen LogP contribution in [0.4, 0.5) is 5.82 Å². The predicted octanol–water partition coefficient (Wildman–Crippen LogP) is 0.390. The number of nitrogens with two attached hydrogens (primary N) is 1. The number of aliphatic imine (C=N–C) groups is 1. The van der Waals surface area contributed by atoms with E-state index in [0.717, 1.165) is 0 Å². The van der Waals surface area contributed by atoms with E-state index >= 15 is 0 Å². The number of benzene rings is 1. The van der Waals surface area contributed by atoms with E-state index < -0.39 is 5.97 Å². The van der Waals surface area contributed by atoms with Gasteiger partial charge in [0.05, 0.1) is 5.56 Å². The zero-order valence-corrected chi connectivity index (χ0v) is 10.0. The maximum Gasteiger partial charge on any atom is 0.362 e. The van der Waals surface area contributed by atoms with Crippen LogP contribution in [-0.2, 0) is 4.84 Å². The van der Waals surface area contributed by atoms with Crippen LogP contribution in [0.15, 0.2) is 40.0 Å². The Balaban J connectivity index is 2.02. The Labute approximate surface area is 108 Å². The van der Waals surface area contributed by atoms with Gasteiger partial charge in [0.2, 0.25) is 0 Å². The van der Waals surface area contributed by atoms with Crippen molar-refractivity contribution in [3.05, 3.63) is 41.6 Å². The van der Waals surface area contributed by atoms with Crippen molar-refractivity contribution < 1.29 is 14.3 Å². The molecule has 8 nitrogen and oxygen atoms in total. The van der Waals surface area contributed by atoms with Crippen molar-refractivity contribution in [1.29, 1.82) is 0 Å². The molecule has 0 saturated heterocycles. The number of carbonyl (C=O) groups excluding carboxylic acids is 1. The van der Waals surface area contributed by atoms with E-state index in [4.69, 9.17) is 10.6 Å². The Morgan fingerprint density at radius 1 is 1.37 bits per heavy atom. The standard InChI is InChI=1S/C11H11N5O3/c1-13-10(8-9(12)15-19-14-8)16-18-11(17)7-5-3-2-4-6-7/h2-6H,1H3,(H2,12,15)(H,13,16). The van der Waals surface area contributed by atoms with E-state index in [1.165, 1.54) is 7.05 Å². The van der Waals surface area contributed by atoms with Crippen LogP contribution in [0.2, 0.25) is 0 Å². The van der Waals surface area contributed by atoms with E-state index in [2.05, 4.69) is 25.4 Å². The molecule has 0 spiro atoms. The average Bonchev–Trinajstić information content (AvgIpc) is 2.87. The molecule has 0 atom stereocenters. The van der Waals surface area contributed by atoms with Crippen molar-refractivity contribution >= 4 is 17.6 Å². The number of nitrogen functional groups attached to an aromatic ring is 1. The highest BCUT2D eigenvalue weighted by Crippen LogP contribution is 2.05. The van der Waals surface area contributed by atoms with Crippen LogP contribution in [0, 0.1) is 0 Å². The Hall–Kier alpha value is -2.90. The van der Waals surface area contributed by atoms with Crippen LogP contribution in [-0.4, -0.2) is 29.2 Å². The van der Waals surface area contributed by atoms with Gasteiger partial charge in [-0.05, 0) is 22.4 Å². The molecule has 0 amide bonds. The lowest BCUT2D eigenvalue weighted by atomic mass is 10.2. The normalized spacial score (nSPS) is 11.1. The molecule has 0 aliphatic carbocycles. The zero-order valence-electron chi connectivity index (χ0n) is 10.0. The summed E-state index contributed by atoms with van der Waals surface area (Å²) in [6.07, 6.45) is 0. The summed E-state index contributed by atoms with van der Waals surface area (Å²) in [5.74, 6) is -0.372. The van der Waals surface area contributed by atoms with Gasteiger partial charge in [-0.3, -0.25) is 4.99 Å². The SMILES string of the molecule is CN=C(NOC(=O)c1ccccc1)c1nonc1N. The number of hydrogen-bond donors (Lipinski definition) is 2. The molecule has 1 aromatic carbocycles. The summed E-state index contributed by atoms with van der Waals surface area (Å²) in [5.41, 5.74) is 8.44. The Morgan fingerprint density at radius 2 is 2.11 bits per heavy atom. The lowest BCUT2D eigenvalue weighted by Crippen LogP contribution is -2.29. The van der Waals surface area contributed by atoms with Crippen molar-refractivity contribution in [2.24, 2.45) is 4.99 Å². The maximum absolute atomic E-state index is 11.7. The number of aromatic nitrogens is 2. The van der Waals surface area contributed by atoms with Gasteiger partial charge in [0, 0.05) is 7.05 Å². The monoisotopic (exact) mass is 261 g/mol. The third-order valence-corrected chi connectivity index (χ3v) is 2.21. The largest absolute Gasteiger partial charge is 0.379 e. The van der Waals surface area contributed by atoms with E-state index in [1.54, 1.807) is 30.3 Å². The number of anilines is 1. The molecular weight excluding hydrogens is 250 g/mol. The molecule has 2 aromatic rings. The second-order valence-electron chi connectivity index (χ2n) is 3.43. The highest BCUT2D eigenvalue weighted by Gasteiger charge is 2.15. The maximum atomic E-state index is 11.7. The fourth-order valence-electron chi connectivity index (χ4n) is 1.29. The fourth-order valence-corrected chi connectivity index (χ4v) is 1.29. The number of hydroxylamine groups is 1. The fraction of sp³-hybridized carbons (Fsp3) is 0.0909. The molecule has 2 rings (SSSR count). The summed E-state index contributed by atoms with van der Waals surface area (Å²) >= 11 is 0. The van der Waals surface area contributed by atoms with Gasteiger partial charge in [0.15, 0.2) is 17.3 Å². The molecule has 3 N–H and O–H groups in total. The molecule has 0 radical (unpaired) electrons. The minimum atomic E-state index is -0.559. The average molecular weight is 261 g/mol. The first-order valence-electron chi connectivity index (χ1n) is 5.29. The zero-order chi connectivity index (χ0) is 13.7. The number of rotatable bonds is 2. The lowest BCUT2D eigenvalue weighted by molar-refractivity contribution is 0.0386. The first-order chi connectivity index (χ1) is 9.22. The van der Waals surface area contributed by atoms with Crippen molar-refractivity contribution in [2.75, 3.05) is 12.8 Å². The third-order valence-electron chi connectivity index (χ3n) is 2.21. The number of nitrogens with one attached hydrogen (secondary N) is 1.